The molecule has 0 bridgehead atoms. The summed E-state index contributed by atoms with van der Waals surface area (Å²) >= 11 is 4.63. The normalized spacial score (nSPS) is 12.6. The zero-order valence-electron chi connectivity index (χ0n) is 14.5. The molecular formula is C22H23OPS. The number of para-hydroxylation sites is 1. The van der Waals surface area contributed by atoms with Gasteiger partial charge in [0.2, 0.25) is 0 Å². The van der Waals surface area contributed by atoms with Crippen LogP contribution in [0.5, 0.6) is 5.75 Å². The lowest BCUT2D eigenvalue weighted by Gasteiger charge is -2.17. The first-order valence-corrected chi connectivity index (χ1v) is 9.97. The SMILES string of the molecule is Cc1cccc(C(C)S)c1Pc1cccc(Cc2ccccc2)c1O. The summed E-state index contributed by atoms with van der Waals surface area (Å²) in [6.07, 6.45) is 0.745. The topological polar surface area (TPSA) is 20.2 Å². The molecule has 0 saturated carbocycles. The maximum absolute atomic E-state index is 10.8. The van der Waals surface area contributed by atoms with Crippen LogP contribution in [0.25, 0.3) is 0 Å². The van der Waals surface area contributed by atoms with E-state index in [0.29, 0.717) is 14.3 Å². The Balaban J connectivity index is 1.94. The quantitative estimate of drug-likeness (QED) is 0.485. The molecule has 0 radical (unpaired) electrons. The van der Waals surface area contributed by atoms with E-state index in [1.165, 1.54) is 22.0 Å². The van der Waals surface area contributed by atoms with Gasteiger partial charge in [-0.1, -0.05) is 75.3 Å². The Morgan fingerprint density at radius 1 is 0.960 bits per heavy atom. The van der Waals surface area contributed by atoms with Crippen molar-refractivity contribution < 1.29 is 5.11 Å². The average Bonchev–Trinajstić information content (AvgIpc) is 2.60. The number of aromatic hydroxyl groups is 1. The number of phenolic OH excluding ortho intramolecular Hbond substituents is 1. The van der Waals surface area contributed by atoms with Crippen LogP contribution < -0.4 is 10.6 Å². The van der Waals surface area contributed by atoms with Crippen LogP contribution in [-0.4, -0.2) is 5.11 Å². The molecule has 3 rings (SSSR count). The second-order valence-electron chi connectivity index (χ2n) is 6.32. The number of rotatable bonds is 5. The second-order valence-corrected chi connectivity index (χ2v) is 8.38. The third-order valence-corrected chi connectivity index (χ3v) is 6.26. The molecule has 25 heavy (non-hydrogen) atoms. The highest BCUT2D eigenvalue weighted by Gasteiger charge is 2.14. The van der Waals surface area contributed by atoms with E-state index in [2.05, 4.69) is 56.8 Å². The molecule has 128 valence electrons. The molecule has 0 aliphatic carbocycles. The van der Waals surface area contributed by atoms with Crippen molar-refractivity contribution in [3.05, 3.63) is 89.0 Å². The number of hydrogen-bond donors (Lipinski definition) is 2. The fraction of sp³-hybridized carbons (Fsp3) is 0.182. The van der Waals surface area contributed by atoms with Crippen LogP contribution in [0.4, 0.5) is 0 Å². The average molecular weight is 366 g/mol. The van der Waals surface area contributed by atoms with E-state index in [-0.39, 0.29) is 5.25 Å². The third kappa shape index (κ3) is 4.26. The van der Waals surface area contributed by atoms with E-state index in [1.54, 1.807) is 0 Å². The molecule has 3 aromatic carbocycles. The highest BCUT2D eigenvalue weighted by Crippen LogP contribution is 2.29. The summed E-state index contributed by atoms with van der Waals surface area (Å²) in [6.45, 7) is 4.23. The van der Waals surface area contributed by atoms with Gasteiger partial charge in [0.1, 0.15) is 5.75 Å². The highest BCUT2D eigenvalue weighted by molar-refractivity contribution is 7.80. The van der Waals surface area contributed by atoms with Crippen LogP contribution in [0, 0.1) is 6.92 Å². The minimum atomic E-state index is 0.178. The van der Waals surface area contributed by atoms with E-state index in [9.17, 15) is 5.11 Å². The maximum Gasteiger partial charge on any atom is 0.126 e. The first kappa shape index (κ1) is 18.0. The van der Waals surface area contributed by atoms with E-state index < -0.39 is 0 Å². The summed E-state index contributed by atoms with van der Waals surface area (Å²) < 4.78 is 0. The minimum absolute atomic E-state index is 0.178. The highest BCUT2D eigenvalue weighted by atomic mass is 32.1. The summed E-state index contributed by atoms with van der Waals surface area (Å²) in [5.41, 5.74) is 4.68. The monoisotopic (exact) mass is 366 g/mol. The molecule has 0 aliphatic rings. The predicted molar refractivity (Wildman–Crippen MR) is 114 cm³/mol. The van der Waals surface area contributed by atoms with Crippen molar-refractivity contribution in [3.63, 3.8) is 0 Å². The second kappa shape index (κ2) is 8.08. The lowest BCUT2D eigenvalue weighted by Crippen LogP contribution is -2.14. The van der Waals surface area contributed by atoms with Gasteiger partial charge in [-0.15, -0.1) is 0 Å². The lowest BCUT2D eigenvalue weighted by molar-refractivity contribution is 0.474. The van der Waals surface area contributed by atoms with Crippen molar-refractivity contribution in [1.29, 1.82) is 0 Å². The van der Waals surface area contributed by atoms with Gasteiger partial charge >= 0.3 is 0 Å². The Morgan fingerprint density at radius 3 is 2.40 bits per heavy atom. The summed E-state index contributed by atoms with van der Waals surface area (Å²) in [5, 5.41) is 13.3. The summed E-state index contributed by atoms with van der Waals surface area (Å²) in [7, 11) is 0.424. The van der Waals surface area contributed by atoms with Gasteiger partial charge in [0.25, 0.3) is 0 Å². The van der Waals surface area contributed by atoms with Crippen molar-refractivity contribution in [2.24, 2.45) is 0 Å². The zero-order chi connectivity index (χ0) is 17.8. The van der Waals surface area contributed by atoms with Gasteiger partial charge in [0.15, 0.2) is 0 Å². The van der Waals surface area contributed by atoms with Gasteiger partial charge in [-0.25, -0.2) is 0 Å². The molecule has 1 N–H and O–H groups in total. The van der Waals surface area contributed by atoms with Gasteiger partial charge in [-0.3, -0.25) is 0 Å². The molecule has 0 amide bonds. The molecule has 0 aromatic heterocycles. The maximum atomic E-state index is 10.8. The molecule has 0 saturated heterocycles. The fourth-order valence-electron chi connectivity index (χ4n) is 2.99. The van der Waals surface area contributed by atoms with Crippen LogP contribution in [0.1, 0.15) is 34.4 Å². The molecule has 2 unspecified atom stereocenters. The molecule has 0 heterocycles. The Hall–Kier alpha value is -1.76. The van der Waals surface area contributed by atoms with E-state index >= 15 is 0 Å². The summed E-state index contributed by atoms with van der Waals surface area (Å²) in [5.74, 6) is 0.422. The first-order chi connectivity index (χ1) is 12.1. The molecule has 0 fully saturated rings. The molecule has 0 aliphatic heterocycles. The lowest BCUT2D eigenvalue weighted by atomic mass is 10.0. The van der Waals surface area contributed by atoms with Gasteiger partial charge in [0.05, 0.1) is 0 Å². The van der Waals surface area contributed by atoms with Gasteiger partial charge in [-0.2, -0.15) is 12.6 Å². The van der Waals surface area contributed by atoms with Crippen molar-refractivity contribution in [2.45, 2.75) is 25.5 Å². The fourth-order valence-corrected chi connectivity index (χ4v) is 4.78. The predicted octanol–water partition coefficient (Wildman–Crippen LogP) is 4.91. The number of aryl methyl sites for hydroxylation is 1. The molecule has 2 atom stereocenters. The molecule has 3 aromatic rings. The van der Waals surface area contributed by atoms with Crippen LogP contribution in [-0.2, 0) is 6.42 Å². The van der Waals surface area contributed by atoms with E-state index in [0.717, 1.165) is 17.3 Å². The van der Waals surface area contributed by atoms with Crippen LogP contribution >= 0.6 is 21.2 Å². The van der Waals surface area contributed by atoms with E-state index in [4.69, 9.17) is 0 Å². The van der Waals surface area contributed by atoms with Crippen molar-refractivity contribution in [1.82, 2.24) is 0 Å². The van der Waals surface area contributed by atoms with Crippen molar-refractivity contribution in [3.8, 4) is 5.75 Å². The molecular weight excluding hydrogens is 343 g/mol. The Morgan fingerprint density at radius 2 is 1.68 bits per heavy atom. The van der Waals surface area contributed by atoms with Crippen LogP contribution in [0.3, 0.4) is 0 Å². The van der Waals surface area contributed by atoms with Crippen molar-refractivity contribution in [2.75, 3.05) is 0 Å². The largest absolute Gasteiger partial charge is 0.507 e. The summed E-state index contributed by atoms with van der Waals surface area (Å²) in [4.78, 5) is 0. The van der Waals surface area contributed by atoms with Crippen LogP contribution in [0.2, 0.25) is 0 Å². The van der Waals surface area contributed by atoms with Crippen molar-refractivity contribution >= 4 is 31.8 Å². The zero-order valence-corrected chi connectivity index (χ0v) is 16.4. The minimum Gasteiger partial charge on any atom is -0.507 e. The number of benzene rings is 3. The molecule has 1 nitrogen and oxygen atoms in total. The molecule has 3 heteroatoms. The number of thiol groups is 1. The molecule has 0 spiro atoms. The smallest absolute Gasteiger partial charge is 0.126 e. The van der Waals surface area contributed by atoms with Crippen LogP contribution in [0.15, 0.2) is 66.7 Å². The Kier molecular flexibility index (Phi) is 5.83. The Bertz CT molecular complexity index is 859. The first-order valence-electron chi connectivity index (χ1n) is 8.45. The Labute approximate surface area is 157 Å². The van der Waals surface area contributed by atoms with Gasteiger partial charge in [-0.05, 0) is 41.4 Å². The van der Waals surface area contributed by atoms with Gasteiger partial charge in [0, 0.05) is 17.0 Å². The number of hydrogen-bond acceptors (Lipinski definition) is 2. The van der Waals surface area contributed by atoms with Gasteiger partial charge < -0.3 is 5.11 Å². The third-order valence-electron chi connectivity index (χ3n) is 4.37. The van der Waals surface area contributed by atoms with E-state index in [1.807, 2.05) is 36.4 Å². The summed E-state index contributed by atoms with van der Waals surface area (Å²) in [6, 6.07) is 22.7. The standard InChI is InChI=1S/C22H23OPS/c1-15-8-6-12-19(16(2)25)22(15)24-20-13-7-11-18(21(20)23)14-17-9-4-3-5-10-17/h3-13,16,23-25H,14H2,1-2H3. The number of phenols is 1.